The number of rotatable bonds is 4. The molecule has 0 amide bonds. The molecule has 12 heavy (non-hydrogen) atoms. The monoisotopic (exact) mass is 199 g/mol. The van der Waals surface area contributed by atoms with Crippen LogP contribution in [-0.2, 0) is 18.4 Å². The molecule has 7 heteroatoms. The van der Waals surface area contributed by atoms with Gasteiger partial charge in [0.25, 0.3) is 0 Å². The molecule has 6 nitrogen and oxygen atoms in total. The van der Waals surface area contributed by atoms with Crippen molar-refractivity contribution in [3.05, 3.63) is 0 Å². The second-order valence-electron chi connectivity index (χ2n) is 1.37. The predicted octanol–water partition coefficient (Wildman–Crippen LogP) is 0.182. The Bertz CT molecular complexity index is 103. The summed E-state index contributed by atoms with van der Waals surface area (Å²) in [5.41, 5.74) is 4.57. The molecule has 0 aromatic rings. The quantitative estimate of drug-likeness (QED) is 0.627. The van der Waals surface area contributed by atoms with Gasteiger partial charge in [-0.1, -0.05) is 0 Å². The topological polar surface area (TPSA) is 91.0 Å². The van der Waals surface area contributed by atoms with Crippen molar-refractivity contribution in [3.63, 3.8) is 0 Å². The zero-order valence-corrected chi connectivity index (χ0v) is 8.21. The minimum Gasteiger partial charge on any atom is -0.480 e. The molecule has 0 saturated heterocycles. The van der Waals surface area contributed by atoms with Gasteiger partial charge in [-0.15, -0.1) is 0 Å². The van der Waals surface area contributed by atoms with Gasteiger partial charge in [-0.05, 0) is 0 Å². The smallest absolute Gasteiger partial charge is 0.331 e. The van der Waals surface area contributed by atoms with Crippen molar-refractivity contribution in [2.45, 2.75) is 0 Å². The van der Waals surface area contributed by atoms with E-state index in [1.165, 1.54) is 0 Å². The van der Waals surface area contributed by atoms with E-state index in [2.05, 4.69) is 19.3 Å². The van der Waals surface area contributed by atoms with E-state index in [0.29, 0.717) is 0 Å². The Balaban J connectivity index is 0. The Morgan fingerprint density at radius 3 is 1.58 bits per heavy atom. The first kappa shape index (κ1) is 14.3. The summed E-state index contributed by atoms with van der Waals surface area (Å²) in [6.07, 6.45) is 0. The van der Waals surface area contributed by atoms with Crippen LogP contribution in [-0.4, -0.2) is 38.9 Å². The van der Waals surface area contributed by atoms with Crippen molar-refractivity contribution in [1.82, 2.24) is 0 Å². The zero-order valence-electron chi connectivity index (χ0n) is 7.31. The Labute approximate surface area is 72.6 Å². The van der Waals surface area contributed by atoms with Crippen molar-refractivity contribution in [2.24, 2.45) is 5.73 Å². The second-order valence-corrected chi connectivity index (χ2v) is 2.91. The lowest BCUT2D eigenvalue weighted by Gasteiger charge is -2.05. The lowest BCUT2D eigenvalue weighted by atomic mass is 10.7. The number of carbonyl (C=O) groups is 1. The van der Waals surface area contributed by atoms with Gasteiger partial charge in [-0.25, -0.2) is 0 Å². The molecule has 0 unspecified atom stereocenters. The van der Waals surface area contributed by atoms with E-state index in [1.807, 2.05) is 0 Å². The van der Waals surface area contributed by atoms with Gasteiger partial charge in [0, 0.05) is 21.3 Å². The van der Waals surface area contributed by atoms with Crippen molar-refractivity contribution in [1.29, 1.82) is 0 Å². The normalized spacial score (nSPS) is 9.08. The lowest BCUT2D eigenvalue weighted by Crippen LogP contribution is -2.10. The van der Waals surface area contributed by atoms with E-state index in [4.69, 9.17) is 5.11 Å². The molecule has 0 radical (unpaired) electrons. The van der Waals surface area contributed by atoms with Crippen LogP contribution in [0.4, 0.5) is 0 Å². The van der Waals surface area contributed by atoms with E-state index in [1.54, 1.807) is 21.3 Å². The van der Waals surface area contributed by atoms with Crippen molar-refractivity contribution >= 4 is 14.6 Å². The summed E-state index contributed by atoms with van der Waals surface area (Å²) in [7, 11) is 3.57. The van der Waals surface area contributed by atoms with Crippen LogP contribution in [0.25, 0.3) is 0 Å². The first-order valence-corrected chi connectivity index (χ1v) is 4.06. The Kier molecular flexibility index (Phi) is 12.8. The third kappa shape index (κ3) is 12.4. The largest absolute Gasteiger partial charge is 0.480 e. The molecule has 74 valence electrons. The molecule has 0 aliphatic rings. The van der Waals surface area contributed by atoms with Crippen molar-refractivity contribution in [3.8, 4) is 0 Å². The Morgan fingerprint density at radius 1 is 1.33 bits per heavy atom. The third-order valence-corrected chi connectivity index (χ3v) is 1.52. The van der Waals surface area contributed by atoms with Gasteiger partial charge in [0.2, 0.25) is 0 Å². The molecule has 0 heterocycles. The number of nitrogens with two attached hydrogens (primary N) is 1. The molecule has 0 bridgehead atoms. The zero-order chi connectivity index (χ0) is 9.98. The van der Waals surface area contributed by atoms with E-state index < -0.39 is 14.6 Å². The van der Waals surface area contributed by atoms with Crippen LogP contribution in [0.1, 0.15) is 0 Å². The fourth-order valence-electron chi connectivity index (χ4n) is 0.224. The number of aliphatic carboxylic acids is 1. The number of hydrogen-bond acceptors (Lipinski definition) is 5. The highest BCUT2D eigenvalue weighted by atomic mass is 31.2. The maximum atomic E-state index is 9.24. The molecule has 0 aromatic heterocycles. The number of hydrogen-bond donors (Lipinski definition) is 2. The van der Waals surface area contributed by atoms with E-state index >= 15 is 0 Å². The van der Waals surface area contributed by atoms with Crippen molar-refractivity contribution in [2.75, 3.05) is 27.9 Å². The van der Waals surface area contributed by atoms with Crippen LogP contribution in [0.3, 0.4) is 0 Å². The summed E-state index contributed by atoms with van der Waals surface area (Å²) in [5, 5.41) is 7.60. The molecular formula is C5H14NO5P. The first-order valence-electron chi connectivity index (χ1n) is 2.96. The second kappa shape index (κ2) is 10.7. The molecule has 0 spiro atoms. The third-order valence-electron chi connectivity index (χ3n) is 0.622. The fourth-order valence-corrected chi connectivity index (χ4v) is 0.671. The van der Waals surface area contributed by atoms with Crippen LogP contribution in [0, 0.1) is 0 Å². The van der Waals surface area contributed by atoms with Crippen LogP contribution in [0.5, 0.6) is 0 Å². The minimum absolute atomic E-state index is 0.278. The SMILES string of the molecule is COP(OC)OC.NCC(=O)O. The van der Waals surface area contributed by atoms with Crippen molar-refractivity contribution < 1.29 is 23.5 Å². The fraction of sp³-hybridized carbons (Fsp3) is 0.800. The highest BCUT2D eigenvalue weighted by Crippen LogP contribution is 2.35. The van der Waals surface area contributed by atoms with Crippen LogP contribution < -0.4 is 5.73 Å². The summed E-state index contributed by atoms with van der Waals surface area (Å²) in [4.78, 5) is 9.24. The Hall–Kier alpha value is -0.260. The van der Waals surface area contributed by atoms with E-state index in [-0.39, 0.29) is 6.54 Å². The van der Waals surface area contributed by atoms with Gasteiger partial charge in [0.1, 0.15) is 0 Å². The molecule has 0 atom stereocenters. The van der Waals surface area contributed by atoms with Gasteiger partial charge in [-0.3, -0.25) is 4.79 Å². The summed E-state index contributed by atoms with van der Waals surface area (Å²) < 4.78 is 14.0. The van der Waals surface area contributed by atoms with Gasteiger partial charge in [0.15, 0.2) is 0 Å². The molecule has 0 aliphatic heterocycles. The predicted molar refractivity (Wildman–Crippen MR) is 44.6 cm³/mol. The van der Waals surface area contributed by atoms with Crippen LogP contribution >= 0.6 is 8.60 Å². The summed E-state index contributed by atoms with van der Waals surface area (Å²) in [5.74, 6) is -0.968. The maximum Gasteiger partial charge on any atom is 0.331 e. The molecule has 0 fully saturated rings. The Morgan fingerprint density at radius 2 is 1.58 bits per heavy atom. The van der Waals surface area contributed by atoms with Gasteiger partial charge in [-0.2, -0.15) is 0 Å². The molecule has 3 N–H and O–H groups in total. The van der Waals surface area contributed by atoms with Crippen LogP contribution in [0.15, 0.2) is 0 Å². The molecule has 0 rings (SSSR count). The van der Waals surface area contributed by atoms with Gasteiger partial charge >= 0.3 is 14.6 Å². The average molecular weight is 199 g/mol. The van der Waals surface area contributed by atoms with E-state index in [9.17, 15) is 4.79 Å². The summed E-state index contributed by atoms with van der Waals surface area (Å²) >= 11 is 0. The maximum absolute atomic E-state index is 9.24. The highest BCUT2D eigenvalue weighted by molar-refractivity contribution is 7.41. The van der Waals surface area contributed by atoms with E-state index in [0.717, 1.165) is 0 Å². The van der Waals surface area contributed by atoms with Crippen LogP contribution in [0.2, 0.25) is 0 Å². The molecule has 0 saturated carbocycles. The number of carboxylic acids is 1. The standard InChI is InChI=1S/C3H9O3P.C2H5NO2/c1-4-7(5-2)6-3;3-1-2(4)5/h1-3H3;1,3H2,(H,4,5). The number of carboxylic acid groups (broad SMARTS) is 1. The first-order chi connectivity index (χ1) is 5.62. The molecule has 0 aliphatic carbocycles. The summed E-state index contributed by atoms with van der Waals surface area (Å²) in [6, 6.07) is 0. The average Bonchev–Trinajstić information content (AvgIpc) is 2.09. The van der Waals surface area contributed by atoms with Gasteiger partial charge in [0.05, 0.1) is 6.54 Å². The van der Waals surface area contributed by atoms with Gasteiger partial charge < -0.3 is 24.4 Å². The summed E-state index contributed by atoms with van der Waals surface area (Å²) in [6.45, 7) is -0.278. The highest BCUT2D eigenvalue weighted by Gasteiger charge is 2.00. The minimum atomic E-state index is -1.05. The lowest BCUT2D eigenvalue weighted by molar-refractivity contribution is -0.135. The molecule has 0 aromatic carbocycles. The molecular weight excluding hydrogens is 185 g/mol.